The summed E-state index contributed by atoms with van der Waals surface area (Å²) in [7, 11) is 0. The van der Waals surface area contributed by atoms with Crippen molar-refractivity contribution in [2.45, 2.75) is 32.2 Å². The normalized spacial score (nSPS) is 17.0. The summed E-state index contributed by atoms with van der Waals surface area (Å²) in [5.41, 5.74) is 2.21. The summed E-state index contributed by atoms with van der Waals surface area (Å²) in [6, 6.07) is 5.93. The van der Waals surface area contributed by atoms with Crippen molar-refractivity contribution >= 4 is 34.9 Å². The molecule has 0 saturated heterocycles. The second-order valence-corrected chi connectivity index (χ2v) is 5.68. The molecular formula is C13H15ClN2S. The van der Waals surface area contributed by atoms with Crippen LogP contribution in [0.3, 0.4) is 0 Å². The summed E-state index contributed by atoms with van der Waals surface area (Å²) >= 11 is 11.4. The van der Waals surface area contributed by atoms with Crippen molar-refractivity contribution in [1.82, 2.24) is 9.55 Å². The van der Waals surface area contributed by atoms with Crippen molar-refractivity contribution in [1.29, 1.82) is 0 Å². The molecular weight excluding hydrogens is 252 g/mol. The Bertz CT molecular complexity index is 593. The van der Waals surface area contributed by atoms with Crippen molar-refractivity contribution in [3.05, 3.63) is 28.0 Å². The maximum atomic E-state index is 5.99. The van der Waals surface area contributed by atoms with Gasteiger partial charge in [-0.05, 0) is 49.2 Å². The Morgan fingerprint density at radius 3 is 2.88 bits per heavy atom. The molecule has 1 heterocycles. The Morgan fingerprint density at radius 2 is 2.12 bits per heavy atom. The van der Waals surface area contributed by atoms with Crippen LogP contribution < -0.4 is 0 Å². The fraction of sp³-hybridized carbons (Fsp3) is 0.462. The molecule has 4 heteroatoms. The SMILES string of the molecule is S=c1[nH]c2cc(Cl)ccc2n1CC1CCCC1. The number of imidazole rings is 1. The Hall–Kier alpha value is -0.800. The average molecular weight is 267 g/mol. The number of fused-ring (bicyclic) bond motifs is 1. The van der Waals surface area contributed by atoms with E-state index in [0.29, 0.717) is 0 Å². The summed E-state index contributed by atoms with van der Waals surface area (Å²) in [4.78, 5) is 3.24. The van der Waals surface area contributed by atoms with E-state index in [-0.39, 0.29) is 0 Å². The van der Waals surface area contributed by atoms with Crippen molar-refractivity contribution in [2.24, 2.45) is 5.92 Å². The predicted molar refractivity (Wildman–Crippen MR) is 74.1 cm³/mol. The van der Waals surface area contributed by atoms with E-state index in [1.807, 2.05) is 12.1 Å². The Balaban J connectivity index is 2.02. The van der Waals surface area contributed by atoms with Gasteiger partial charge in [-0.1, -0.05) is 24.4 Å². The molecule has 1 aliphatic carbocycles. The van der Waals surface area contributed by atoms with Crippen LogP contribution in [0.1, 0.15) is 25.7 Å². The van der Waals surface area contributed by atoms with Gasteiger partial charge in [-0.2, -0.15) is 0 Å². The third kappa shape index (κ3) is 2.14. The number of aromatic nitrogens is 2. The molecule has 17 heavy (non-hydrogen) atoms. The summed E-state index contributed by atoms with van der Waals surface area (Å²) in [5, 5.41) is 0.752. The Kier molecular flexibility index (Phi) is 2.97. The molecule has 0 aliphatic heterocycles. The Morgan fingerprint density at radius 1 is 1.35 bits per heavy atom. The van der Waals surface area contributed by atoms with Crippen LogP contribution in [-0.4, -0.2) is 9.55 Å². The molecule has 0 spiro atoms. The third-order valence-electron chi connectivity index (χ3n) is 3.65. The van der Waals surface area contributed by atoms with E-state index >= 15 is 0 Å². The summed E-state index contributed by atoms with van der Waals surface area (Å²) in [5.74, 6) is 0.788. The predicted octanol–water partition coefficient (Wildman–Crippen LogP) is 4.54. The fourth-order valence-corrected chi connectivity index (χ4v) is 3.22. The molecule has 2 aromatic rings. The van der Waals surface area contributed by atoms with Gasteiger partial charge in [0, 0.05) is 11.6 Å². The van der Waals surface area contributed by atoms with E-state index in [0.717, 1.165) is 27.8 Å². The first-order valence-corrected chi connectivity index (χ1v) is 6.91. The molecule has 1 fully saturated rings. The van der Waals surface area contributed by atoms with Gasteiger partial charge in [0.05, 0.1) is 11.0 Å². The molecule has 3 rings (SSSR count). The maximum absolute atomic E-state index is 5.99. The molecule has 0 unspecified atom stereocenters. The van der Waals surface area contributed by atoms with E-state index in [1.54, 1.807) is 0 Å². The van der Waals surface area contributed by atoms with E-state index in [2.05, 4.69) is 15.6 Å². The first kappa shape index (κ1) is 11.3. The average Bonchev–Trinajstić information content (AvgIpc) is 2.88. The summed E-state index contributed by atoms with van der Waals surface area (Å²) < 4.78 is 3.03. The van der Waals surface area contributed by atoms with Crippen molar-refractivity contribution < 1.29 is 0 Å². The molecule has 1 aromatic carbocycles. The highest BCUT2D eigenvalue weighted by molar-refractivity contribution is 7.71. The minimum Gasteiger partial charge on any atom is -0.331 e. The molecule has 0 amide bonds. The van der Waals surface area contributed by atoms with Gasteiger partial charge in [-0.3, -0.25) is 0 Å². The second-order valence-electron chi connectivity index (χ2n) is 4.85. The monoisotopic (exact) mass is 266 g/mol. The number of halogens is 1. The van der Waals surface area contributed by atoms with Gasteiger partial charge in [-0.15, -0.1) is 0 Å². The van der Waals surface area contributed by atoms with Crippen LogP contribution in [0, 0.1) is 10.7 Å². The zero-order valence-corrected chi connectivity index (χ0v) is 11.2. The van der Waals surface area contributed by atoms with Crippen LogP contribution >= 0.6 is 23.8 Å². The third-order valence-corrected chi connectivity index (χ3v) is 4.21. The fourth-order valence-electron chi connectivity index (χ4n) is 2.77. The molecule has 1 N–H and O–H groups in total. The topological polar surface area (TPSA) is 20.7 Å². The van der Waals surface area contributed by atoms with Crippen LogP contribution in [0.2, 0.25) is 5.02 Å². The first-order chi connectivity index (χ1) is 8.24. The summed E-state index contributed by atoms with van der Waals surface area (Å²) in [6.07, 6.45) is 5.41. The van der Waals surface area contributed by atoms with Crippen LogP contribution in [0.25, 0.3) is 11.0 Å². The van der Waals surface area contributed by atoms with Crippen molar-refractivity contribution in [2.75, 3.05) is 0 Å². The molecule has 1 saturated carbocycles. The molecule has 1 aromatic heterocycles. The van der Waals surface area contributed by atoms with Gasteiger partial charge in [0.2, 0.25) is 0 Å². The molecule has 0 atom stereocenters. The van der Waals surface area contributed by atoms with Crippen molar-refractivity contribution in [3.63, 3.8) is 0 Å². The minimum atomic E-state index is 0.752. The van der Waals surface area contributed by atoms with Gasteiger partial charge in [-0.25, -0.2) is 0 Å². The lowest BCUT2D eigenvalue weighted by Crippen LogP contribution is -2.07. The van der Waals surface area contributed by atoms with Crippen LogP contribution in [-0.2, 0) is 6.54 Å². The lowest BCUT2D eigenvalue weighted by atomic mass is 10.1. The number of H-pyrrole nitrogens is 1. The highest BCUT2D eigenvalue weighted by Crippen LogP contribution is 2.28. The molecule has 2 nitrogen and oxygen atoms in total. The molecule has 0 bridgehead atoms. The second kappa shape index (κ2) is 4.46. The van der Waals surface area contributed by atoms with Gasteiger partial charge in [0.25, 0.3) is 0 Å². The van der Waals surface area contributed by atoms with Gasteiger partial charge < -0.3 is 9.55 Å². The largest absolute Gasteiger partial charge is 0.331 e. The molecule has 0 radical (unpaired) electrons. The van der Waals surface area contributed by atoms with E-state index in [9.17, 15) is 0 Å². The van der Waals surface area contributed by atoms with Gasteiger partial charge in [0.1, 0.15) is 0 Å². The summed E-state index contributed by atoms with van der Waals surface area (Å²) in [6.45, 7) is 1.04. The van der Waals surface area contributed by atoms with E-state index in [1.165, 1.54) is 31.2 Å². The van der Waals surface area contributed by atoms with Crippen LogP contribution in [0.4, 0.5) is 0 Å². The smallest absolute Gasteiger partial charge is 0.178 e. The van der Waals surface area contributed by atoms with E-state index in [4.69, 9.17) is 23.8 Å². The highest BCUT2D eigenvalue weighted by Gasteiger charge is 2.17. The number of nitrogens with zero attached hydrogens (tertiary/aromatic N) is 1. The Labute approximate surface area is 111 Å². The standard InChI is InChI=1S/C13H15ClN2S/c14-10-5-6-12-11(7-10)15-13(17)16(12)8-9-3-1-2-4-9/h5-7,9H,1-4,8H2,(H,15,17). The van der Waals surface area contributed by atoms with Gasteiger partial charge >= 0.3 is 0 Å². The number of rotatable bonds is 2. The quantitative estimate of drug-likeness (QED) is 0.792. The number of benzene rings is 1. The van der Waals surface area contributed by atoms with Gasteiger partial charge in [0.15, 0.2) is 4.77 Å². The highest BCUT2D eigenvalue weighted by atomic mass is 35.5. The van der Waals surface area contributed by atoms with Crippen LogP contribution in [0.15, 0.2) is 18.2 Å². The zero-order chi connectivity index (χ0) is 11.8. The van der Waals surface area contributed by atoms with E-state index < -0.39 is 0 Å². The molecule has 1 aliphatic rings. The first-order valence-electron chi connectivity index (χ1n) is 6.12. The van der Waals surface area contributed by atoms with Crippen LogP contribution in [0.5, 0.6) is 0 Å². The lowest BCUT2D eigenvalue weighted by Gasteiger charge is -2.10. The molecule has 90 valence electrons. The maximum Gasteiger partial charge on any atom is 0.178 e. The number of hydrogen-bond donors (Lipinski definition) is 1. The minimum absolute atomic E-state index is 0.752. The number of aromatic amines is 1. The number of nitrogens with one attached hydrogen (secondary N) is 1. The number of hydrogen-bond acceptors (Lipinski definition) is 1. The van der Waals surface area contributed by atoms with Crippen molar-refractivity contribution in [3.8, 4) is 0 Å². The lowest BCUT2D eigenvalue weighted by molar-refractivity contribution is 0.461. The zero-order valence-electron chi connectivity index (χ0n) is 9.58.